The number of methoxy groups -OCH3 is 1. The predicted molar refractivity (Wildman–Crippen MR) is 98.3 cm³/mol. The number of carbonyl (C=O) groups excluding carboxylic acids is 2. The first-order valence-electron chi connectivity index (χ1n) is 10.4. The molecule has 2 saturated heterocycles. The summed E-state index contributed by atoms with van der Waals surface area (Å²) in [6.45, 7) is 1.44. The lowest BCUT2D eigenvalue weighted by atomic mass is 9.78. The van der Waals surface area contributed by atoms with Gasteiger partial charge in [0, 0.05) is 32.6 Å². The SMILES string of the molecule is COC(=O)C/C=C/C[C@@H]1OC2C[C@@]1(OC(C)=O)C[C@H]1OC3(CCCCC3)O[C@@H]21. The Hall–Kier alpha value is -1.44. The minimum atomic E-state index is -0.698. The number of fused-ring (bicyclic) bond motifs is 4. The van der Waals surface area contributed by atoms with E-state index in [0.717, 1.165) is 25.7 Å². The summed E-state index contributed by atoms with van der Waals surface area (Å²) in [6, 6.07) is 0. The highest BCUT2D eigenvalue weighted by atomic mass is 16.8. The normalized spacial score (nSPS) is 38.5. The number of ether oxygens (including phenoxy) is 5. The molecule has 0 aromatic heterocycles. The van der Waals surface area contributed by atoms with Gasteiger partial charge in [-0.3, -0.25) is 9.59 Å². The Morgan fingerprint density at radius 3 is 2.54 bits per heavy atom. The average Bonchev–Trinajstić information content (AvgIpc) is 3.15. The third-order valence-corrected chi connectivity index (χ3v) is 6.46. The van der Waals surface area contributed by atoms with Crippen molar-refractivity contribution in [1.29, 1.82) is 0 Å². The lowest BCUT2D eigenvalue weighted by Crippen LogP contribution is -2.50. The van der Waals surface area contributed by atoms with E-state index in [9.17, 15) is 9.59 Å². The zero-order valence-corrected chi connectivity index (χ0v) is 16.7. The number of esters is 2. The van der Waals surface area contributed by atoms with E-state index in [-0.39, 0.29) is 42.8 Å². The van der Waals surface area contributed by atoms with E-state index in [1.807, 2.05) is 6.08 Å². The zero-order valence-electron chi connectivity index (χ0n) is 16.7. The Bertz CT molecular complexity index is 639. The molecule has 4 fully saturated rings. The van der Waals surface area contributed by atoms with E-state index >= 15 is 0 Å². The first kappa shape index (κ1) is 19.9. The van der Waals surface area contributed by atoms with E-state index in [1.165, 1.54) is 20.5 Å². The van der Waals surface area contributed by atoms with E-state index in [2.05, 4.69) is 4.74 Å². The minimum Gasteiger partial charge on any atom is -0.469 e. The van der Waals surface area contributed by atoms with Gasteiger partial charge < -0.3 is 23.7 Å². The fraction of sp³-hybridized carbons (Fsp3) is 0.810. The number of rotatable bonds is 5. The van der Waals surface area contributed by atoms with E-state index in [4.69, 9.17) is 18.9 Å². The van der Waals surface area contributed by atoms with Crippen LogP contribution in [0.3, 0.4) is 0 Å². The van der Waals surface area contributed by atoms with Gasteiger partial charge in [-0.05, 0) is 19.3 Å². The molecule has 7 heteroatoms. The summed E-state index contributed by atoms with van der Waals surface area (Å²) >= 11 is 0. The topological polar surface area (TPSA) is 80.3 Å². The van der Waals surface area contributed by atoms with Crippen molar-refractivity contribution in [3.05, 3.63) is 12.2 Å². The maximum atomic E-state index is 11.9. The lowest BCUT2D eigenvalue weighted by molar-refractivity contribution is -0.207. The fourth-order valence-electron chi connectivity index (χ4n) is 5.29. The van der Waals surface area contributed by atoms with Crippen molar-refractivity contribution in [1.82, 2.24) is 0 Å². The maximum Gasteiger partial charge on any atom is 0.309 e. The molecule has 2 aliphatic carbocycles. The molecule has 4 aliphatic rings. The molecule has 0 amide bonds. The Balaban J connectivity index is 1.47. The molecule has 0 aromatic rings. The van der Waals surface area contributed by atoms with Crippen LogP contribution in [0.2, 0.25) is 0 Å². The molecule has 4 rings (SSSR count). The smallest absolute Gasteiger partial charge is 0.309 e. The van der Waals surface area contributed by atoms with E-state index in [0.29, 0.717) is 19.3 Å². The summed E-state index contributed by atoms with van der Waals surface area (Å²) in [7, 11) is 1.37. The zero-order chi connectivity index (χ0) is 19.8. The van der Waals surface area contributed by atoms with Gasteiger partial charge in [-0.25, -0.2) is 0 Å². The van der Waals surface area contributed by atoms with Crippen LogP contribution in [0.5, 0.6) is 0 Å². The van der Waals surface area contributed by atoms with Gasteiger partial charge in [-0.1, -0.05) is 18.6 Å². The van der Waals surface area contributed by atoms with Crippen LogP contribution in [0.25, 0.3) is 0 Å². The average molecular weight is 394 g/mol. The summed E-state index contributed by atoms with van der Waals surface area (Å²) < 4.78 is 29.7. The third-order valence-electron chi connectivity index (χ3n) is 6.46. The Morgan fingerprint density at radius 1 is 1.07 bits per heavy atom. The van der Waals surface area contributed by atoms with Crippen LogP contribution in [0.1, 0.15) is 64.7 Å². The molecular formula is C21H30O7. The van der Waals surface area contributed by atoms with Crippen LogP contribution >= 0.6 is 0 Å². The number of hydrogen-bond acceptors (Lipinski definition) is 7. The molecule has 0 N–H and O–H groups in total. The first-order chi connectivity index (χ1) is 13.5. The summed E-state index contributed by atoms with van der Waals surface area (Å²) in [5, 5.41) is 0. The largest absolute Gasteiger partial charge is 0.469 e. The molecule has 2 aliphatic heterocycles. The van der Waals surface area contributed by atoms with Gasteiger partial charge >= 0.3 is 11.9 Å². The highest BCUT2D eigenvalue weighted by Gasteiger charge is 2.64. The van der Waals surface area contributed by atoms with Crippen LogP contribution in [0.4, 0.5) is 0 Å². The monoisotopic (exact) mass is 394 g/mol. The maximum absolute atomic E-state index is 11.9. The van der Waals surface area contributed by atoms with Crippen molar-refractivity contribution < 1.29 is 33.3 Å². The van der Waals surface area contributed by atoms with Crippen molar-refractivity contribution in [3.63, 3.8) is 0 Å². The van der Waals surface area contributed by atoms with Gasteiger partial charge in [0.15, 0.2) is 5.79 Å². The van der Waals surface area contributed by atoms with Crippen LogP contribution in [-0.4, -0.2) is 54.9 Å². The van der Waals surface area contributed by atoms with Crippen molar-refractivity contribution in [2.45, 2.75) is 101 Å². The van der Waals surface area contributed by atoms with E-state index < -0.39 is 11.4 Å². The highest BCUT2D eigenvalue weighted by Crippen LogP contribution is 2.53. The molecule has 1 spiro atoms. The molecule has 2 heterocycles. The molecule has 156 valence electrons. The predicted octanol–water partition coefficient (Wildman–Crippen LogP) is 2.80. The van der Waals surface area contributed by atoms with Gasteiger partial charge in [-0.15, -0.1) is 0 Å². The van der Waals surface area contributed by atoms with Gasteiger partial charge in [0.05, 0.1) is 25.7 Å². The summed E-state index contributed by atoms with van der Waals surface area (Å²) in [6.07, 6.45) is 10.3. The van der Waals surface area contributed by atoms with Crippen molar-refractivity contribution in [3.8, 4) is 0 Å². The van der Waals surface area contributed by atoms with Gasteiger partial charge in [-0.2, -0.15) is 0 Å². The summed E-state index contributed by atoms with van der Waals surface area (Å²) in [4.78, 5) is 23.1. The minimum absolute atomic E-state index is 0.106. The summed E-state index contributed by atoms with van der Waals surface area (Å²) in [5.74, 6) is -1.07. The Kier molecular flexibility index (Phi) is 5.51. The Labute approximate surface area is 165 Å². The standard InChI is InChI=1S/C21H30O7/c1-14(22)26-20-12-15(25-17(20)8-4-5-9-18(23)24-2)19-16(13-20)27-21(28-19)10-6-3-7-11-21/h4-5,15-17,19H,3,6-13H2,1-2H3/b5-4+/t15?,16-,17+,19+,20-/m1/s1. The fourth-order valence-corrected chi connectivity index (χ4v) is 5.29. The second-order valence-electron chi connectivity index (χ2n) is 8.43. The van der Waals surface area contributed by atoms with Gasteiger partial charge in [0.2, 0.25) is 0 Å². The van der Waals surface area contributed by atoms with Crippen LogP contribution in [0.15, 0.2) is 12.2 Å². The molecule has 7 nitrogen and oxygen atoms in total. The molecular weight excluding hydrogens is 364 g/mol. The van der Waals surface area contributed by atoms with Crippen LogP contribution in [-0.2, 0) is 33.3 Å². The second kappa shape index (κ2) is 7.76. The molecule has 2 bridgehead atoms. The molecule has 28 heavy (non-hydrogen) atoms. The Morgan fingerprint density at radius 2 is 1.82 bits per heavy atom. The van der Waals surface area contributed by atoms with E-state index in [1.54, 1.807) is 6.08 Å². The first-order valence-corrected chi connectivity index (χ1v) is 10.4. The lowest BCUT2D eigenvalue weighted by Gasteiger charge is -2.37. The van der Waals surface area contributed by atoms with Crippen LogP contribution in [0, 0.1) is 0 Å². The van der Waals surface area contributed by atoms with Crippen molar-refractivity contribution in [2.75, 3.05) is 7.11 Å². The second-order valence-corrected chi connectivity index (χ2v) is 8.43. The number of hydrogen-bond donors (Lipinski definition) is 0. The van der Waals surface area contributed by atoms with Gasteiger partial charge in [0.1, 0.15) is 17.8 Å². The van der Waals surface area contributed by atoms with Crippen LogP contribution < -0.4 is 0 Å². The molecule has 0 aromatic carbocycles. The molecule has 1 unspecified atom stereocenters. The van der Waals surface area contributed by atoms with Gasteiger partial charge in [0.25, 0.3) is 0 Å². The van der Waals surface area contributed by atoms with Crippen molar-refractivity contribution in [2.24, 2.45) is 0 Å². The molecule has 5 atom stereocenters. The molecule has 0 radical (unpaired) electrons. The molecule has 2 saturated carbocycles. The summed E-state index contributed by atoms with van der Waals surface area (Å²) in [5.41, 5.74) is -0.698. The number of carbonyl (C=O) groups is 2. The highest BCUT2D eigenvalue weighted by molar-refractivity contribution is 5.70. The quantitative estimate of drug-likeness (QED) is 0.524. The third kappa shape index (κ3) is 3.72. The van der Waals surface area contributed by atoms with Crippen molar-refractivity contribution >= 4 is 11.9 Å².